The summed E-state index contributed by atoms with van der Waals surface area (Å²) in [5, 5.41) is 3.10. The third kappa shape index (κ3) is 3.05. The van der Waals surface area contributed by atoms with Crippen molar-refractivity contribution in [3.63, 3.8) is 0 Å². The normalized spacial score (nSPS) is 11.6. The summed E-state index contributed by atoms with van der Waals surface area (Å²) in [6, 6.07) is 16.7. The van der Waals surface area contributed by atoms with E-state index < -0.39 is 0 Å². The third-order valence-electron chi connectivity index (χ3n) is 2.75. The van der Waals surface area contributed by atoms with Gasteiger partial charge in [-0.15, -0.1) is 0 Å². The molecule has 0 spiro atoms. The summed E-state index contributed by atoms with van der Waals surface area (Å²) >= 11 is 0. The molecule has 1 nitrogen and oxygen atoms in total. The number of hydrogen-bond acceptors (Lipinski definition) is 1. The van der Waals surface area contributed by atoms with Crippen LogP contribution in [-0.2, 0) is 0 Å². The first kappa shape index (κ1) is 12.5. The highest BCUT2D eigenvalue weighted by atomic mass is 19.1. The predicted octanol–water partition coefficient (Wildman–Crippen LogP) is 3.48. The zero-order valence-electron chi connectivity index (χ0n) is 10.4. The molecule has 0 amide bonds. The lowest BCUT2D eigenvalue weighted by molar-refractivity contribution is 0.627. The largest absolute Gasteiger partial charge is 0.316 e. The topological polar surface area (TPSA) is 12.0 Å². The van der Waals surface area contributed by atoms with Crippen molar-refractivity contribution >= 4 is 5.57 Å². The Bertz CT molecular complexity index is 515. The van der Waals surface area contributed by atoms with Gasteiger partial charge >= 0.3 is 0 Å². The monoisotopic (exact) mass is 241 g/mol. The van der Waals surface area contributed by atoms with E-state index in [-0.39, 0.29) is 5.82 Å². The number of hydrogen-bond donors (Lipinski definition) is 1. The maximum Gasteiger partial charge on any atom is 0.123 e. The lowest BCUT2D eigenvalue weighted by Crippen LogP contribution is -2.05. The highest BCUT2D eigenvalue weighted by molar-refractivity contribution is 5.79. The number of halogens is 1. The van der Waals surface area contributed by atoms with Gasteiger partial charge in [0.25, 0.3) is 0 Å². The molecular weight excluding hydrogens is 225 g/mol. The average Bonchev–Trinajstić information content (AvgIpc) is 2.42. The van der Waals surface area contributed by atoms with Crippen LogP contribution in [-0.4, -0.2) is 13.6 Å². The summed E-state index contributed by atoms with van der Waals surface area (Å²) in [6.45, 7) is 0.779. The molecule has 0 saturated heterocycles. The minimum Gasteiger partial charge on any atom is -0.316 e. The molecule has 92 valence electrons. The first-order valence-electron chi connectivity index (χ1n) is 5.97. The van der Waals surface area contributed by atoms with Crippen LogP contribution in [0.2, 0.25) is 0 Å². The summed E-state index contributed by atoms with van der Waals surface area (Å²) in [4.78, 5) is 0. The van der Waals surface area contributed by atoms with Crippen molar-refractivity contribution in [1.29, 1.82) is 0 Å². The van der Waals surface area contributed by atoms with Gasteiger partial charge in [-0.2, -0.15) is 0 Å². The van der Waals surface area contributed by atoms with Crippen molar-refractivity contribution < 1.29 is 4.39 Å². The summed E-state index contributed by atoms with van der Waals surface area (Å²) in [5.41, 5.74) is 3.28. The summed E-state index contributed by atoms with van der Waals surface area (Å²) in [5.74, 6) is -0.209. The van der Waals surface area contributed by atoms with Crippen LogP contribution in [0.4, 0.5) is 4.39 Å². The van der Waals surface area contributed by atoms with Gasteiger partial charge < -0.3 is 5.32 Å². The Morgan fingerprint density at radius 2 is 1.61 bits per heavy atom. The molecule has 0 atom stereocenters. The van der Waals surface area contributed by atoms with E-state index >= 15 is 0 Å². The number of likely N-dealkylation sites (N-methyl/N-ethyl adjacent to an activating group) is 1. The van der Waals surface area contributed by atoms with Crippen molar-refractivity contribution in [2.24, 2.45) is 0 Å². The SMILES string of the molecule is CNCC=C(c1ccccc1)c1ccc(F)cc1. The fourth-order valence-electron chi connectivity index (χ4n) is 1.85. The lowest BCUT2D eigenvalue weighted by Gasteiger charge is -2.08. The van der Waals surface area contributed by atoms with Crippen molar-refractivity contribution in [1.82, 2.24) is 5.32 Å². The lowest BCUT2D eigenvalue weighted by atomic mass is 9.97. The van der Waals surface area contributed by atoms with Gasteiger partial charge in [0.2, 0.25) is 0 Å². The van der Waals surface area contributed by atoms with Crippen LogP contribution < -0.4 is 5.32 Å². The maximum atomic E-state index is 13.0. The van der Waals surface area contributed by atoms with E-state index in [1.165, 1.54) is 12.1 Å². The third-order valence-corrected chi connectivity index (χ3v) is 2.75. The molecule has 2 aromatic carbocycles. The van der Waals surface area contributed by atoms with Crippen molar-refractivity contribution in [2.75, 3.05) is 13.6 Å². The molecular formula is C16H16FN. The average molecular weight is 241 g/mol. The summed E-state index contributed by atoms with van der Waals surface area (Å²) < 4.78 is 13.0. The molecule has 18 heavy (non-hydrogen) atoms. The van der Waals surface area contributed by atoms with E-state index in [0.717, 1.165) is 23.2 Å². The van der Waals surface area contributed by atoms with Crippen LogP contribution in [0.1, 0.15) is 11.1 Å². The molecule has 0 bridgehead atoms. The molecule has 0 aromatic heterocycles. The van der Waals surface area contributed by atoms with Crippen molar-refractivity contribution in [3.05, 3.63) is 77.6 Å². The van der Waals surface area contributed by atoms with Crippen LogP contribution in [0.15, 0.2) is 60.7 Å². The second-order valence-corrected chi connectivity index (χ2v) is 4.05. The van der Waals surface area contributed by atoms with Crippen LogP contribution in [0.25, 0.3) is 5.57 Å². The van der Waals surface area contributed by atoms with Gasteiger partial charge in [0, 0.05) is 6.54 Å². The van der Waals surface area contributed by atoms with Gasteiger partial charge in [-0.1, -0.05) is 48.5 Å². The zero-order chi connectivity index (χ0) is 12.8. The molecule has 0 heterocycles. The predicted molar refractivity (Wildman–Crippen MR) is 73.8 cm³/mol. The first-order valence-corrected chi connectivity index (χ1v) is 5.97. The van der Waals surface area contributed by atoms with E-state index in [1.807, 2.05) is 37.4 Å². The van der Waals surface area contributed by atoms with Gasteiger partial charge in [-0.25, -0.2) is 4.39 Å². The number of rotatable bonds is 4. The highest BCUT2D eigenvalue weighted by Gasteiger charge is 2.04. The molecule has 0 aliphatic rings. The number of nitrogens with one attached hydrogen (secondary N) is 1. The van der Waals surface area contributed by atoms with Gasteiger partial charge in [0.15, 0.2) is 0 Å². The van der Waals surface area contributed by atoms with Crippen LogP contribution >= 0.6 is 0 Å². The Balaban J connectivity index is 2.40. The molecule has 0 aliphatic carbocycles. The van der Waals surface area contributed by atoms with E-state index in [2.05, 4.69) is 23.5 Å². The van der Waals surface area contributed by atoms with Crippen molar-refractivity contribution in [3.8, 4) is 0 Å². The molecule has 0 saturated carbocycles. The summed E-state index contributed by atoms with van der Waals surface area (Å²) in [6.07, 6.45) is 2.11. The molecule has 2 heteroatoms. The Labute approximate surface area is 107 Å². The minimum absolute atomic E-state index is 0.209. The van der Waals surface area contributed by atoms with Gasteiger partial charge in [0.05, 0.1) is 0 Å². The fourth-order valence-corrected chi connectivity index (χ4v) is 1.85. The van der Waals surface area contributed by atoms with E-state index in [1.54, 1.807) is 0 Å². The maximum absolute atomic E-state index is 13.0. The molecule has 0 radical (unpaired) electrons. The molecule has 0 fully saturated rings. The zero-order valence-corrected chi connectivity index (χ0v) is 10.4. The van der Waals surface area contributed by atoms with E-state index in [9.17, 15) is 4.39 Å². The Kier molecular flexibility index (Phi) is 4.26. The minimum atomic E-state index is -0.209. The van der Waals surface area contributed by atoms with E-state index in [4.69, 9.17) is 0 Å². The first-order chi connectivity index (χ1) is 8.81. The van der Waals surface area contributed by atoms with E-state index in [0.29, 0.717) is 0 Å². The van der Waals surface area contributed by atoms with Crippen LogP contribution in [0.3, 0.4) is 0 Å². The van der Waals surface area contributed by atoms with Gasteiger partial charge in [0.1, 0.15) is 5.82 Å². The Morgan fingerprint density at radius 1 is 1.00 bits per heavy atom. The Morgan fingerprint density at radius 3 is 2.22 bits per heavy atom. The standard InChI is InChI=1S/C16H16FN/c1-18-12-11-16(13-5-3-2-4-6-13)14-7-9-15(17)10-8-14/h2-11,18H,12H2,1H3. The smallest absolute Gasteiger partial charge is 0.123 e. The second-order valence-electron chi connectivity index (χ2n) is 4.05. The molecule has 2 aromatic rings. The van der Waals surface area contributed by atoms with Crippen LogP contribution in [0, 0.1) is 5.82 Å². The molecule has 0 unspecified atom stereocenters. The van der Waals surface area contributed by atoms with Crippen LogP contribution in [0.5, 0.6) is 0 Å². The molecule has 1 N–H and O–H groups in total. The number of benzene rings is 2. The second kappa shape index (κ2) is 6.12. The highest BCUT2D eigenvalue weighted by Crippen LogP contribution is 2.23. The Hall–Kier alpha value is -1.93. The van der Waals surface area contributed by atoms with Crippen molar-refractivity contribution in [2.45, 2.75) is 0 Å². The van der Waals surface area contributed by atoms with Gasteiger partial charge in [-0.3, -0.25) is 0 Å². The molecule has 2 rings (SSSR count). The summed E-state index contributed by atoms with van der Waals surface area (Å²) in [7, 11) is 1.91. The van der Waals surface area contributed by atoms with Gasteiger partial charge in [-0.05, 0) is 35.9 Å². The molecule has 0 aliphatic heterocycles. The quantitative estimate of drug-likeness (QED) is 0.864. The fraction of sp³-hybridized carbons (Fsp3) is 0.125.